The Kier molecular flexibility index (Phi) is 5.03. The van der Waals surface area contributed by atoms with Gasteiger partial charge in [0.05, 0.1) is 18.3 Å². The maximum absolute atomic E-state index is 9.45. The Labute approximate surface area is 93.4 Å². The van der Waals surface area contributed by atoms with E-state index < -0.39 is 0 Å². The zero-order chi connectivity index (χ0) is 11.3. The molecule has 0 bridgehead atoms. The molecule has 0 aromatic heterocycles. The average molecular weight is 215 g/mol. The Hall–Kier alpha value is -0.120. The molecule has 0 saturated carbocycles. The summed E-state index contributed by atoms with van der Waals surface area (Å²) >= 11 is 0. The summed E-state index contributed by atoms with van der Waals surface area (Å²) < 4.78 is 5.65. The minimum Gasteiger partial charge on any atom is -0.393 e. The first kappa shape index (κ1) is 12.9. The third-order valence-corrected chi connectivity index (χ3v) is 2.99. The maximum Gasteiger partial charge on any atom is 0.0753 e. The van der Waals surface area contributed by atoms with Gasteiger partial charge in [0, 0.05) is 13.1 Å². The Morgan fingerprint density at radius 3 is 2.80 bits per heavy atom. The molecule has 0 spiro atoms. The average Bonchev–Trinajstić information content (AvgIpc) is 2.16. The molecule has 1 heterocycles. The predicted octanol–water partition coefficient (Wildman–Crippen LogP) is 1.65. The zero-order valence-corrected chi connectivity index (χ0v) is 10.3. The molecule has 1 atom stereocenters. The highest BCUT2D eigenvalue weighted by Gasteiger charge is 2.26. The maximum atomic E-state index is 9.45. The number of aliphatic hydroxyl groups excluding tert-OH is 1. The number of morpholine rings is 1. The van der Waals surface area contributed by atoms with Gasteiger partial charge in [-0.1, -0.05) is 6.92 Å². The van der Waals surface area contributed by atoms with Gasteiger partial charge in [-0.2, -0.15) is 0 Å². The van der Waals surface area contributed by atoms with Crippen molar-refractivity contribution in [2.75, 3.05) is 26.2 Å². The van der Waals surface area contributed by atoms with E-state index in [9.17, 15) is 5.11 Å². The summed E-state index contributed by atoms with van der Waals surface area (Å²) in [6, 6.07) is 0. The van der Waals surface area contributed by atoms with Gasteiger partial charge in [-0.15, -0.1) is 0 Å². The fraction of sp³-hybridized carbons (Fsp3) is 1.00. The fourth-order valence-electron chi connectivity index (χ4n) is 2.06. The van der Waals surface area contributed by atoms with Crippen molar-refractivity contribution in [2.24, 2.45) is 0 Å². The van der Waals surface area contributed by atoms with Crippen molar-refractivity contribution < 1.29 is 9.84 Å². The molecule has 1 rings (SSSR count). The molecule has 0 aliphatic carbocycles. The summed E-state index contributed by atoms with van der Waals surface area (Å²) in [6.07, 6.45) is 2.77. The Balaban J connectivity index is 2.16. The van der Waals surface area contributed by atoms with E-state index in [2.05, 4.69) is 18.7 Å². The van der Waals surface area contributed by atoms with Crippen LogP contribution >= 0.6 is 0 Å². The lowest BCUT2D eigenvalue weighted by atomic mass is 10.1. The van der Waals surface area contributed by atoms with Crippen LogP contribution in [0.1, 0.15) is 40.0 Å². The molecule has 15 heavy (non-hydrogen) atoms. The Morgan fingerprint density at radius 1 is 1.47 bits per heavy atom. The Morgan fingerprint density at radius 2 is 2.20 bits per heavy atom. The number of rotatable bonds is 5. The number of nitrogens with zero attached hydrogens (tertiary/aromatic N) is 1. The topological polar surface area (TPSA) is 32.7 Å². The van der Waals surface area contributed by atoms with Crippen molar-refractivity contribution in [2.45, 2.75) is 51.7 Å². The number of hydrogen-bond donors (Lipinski definition) is 1. The molecule has 0 amide bonds. The SMILES string of the molecule is CCC(O)CCCN1CCOC(C)(C)C1. The third kappa shape index (κ3) is 4.96. The minimum atomic E-state index is -0.112. The molecule has 3 nitrogen and oxygen atoms in total. The first-order chi connectivity index (χ1) is 7.03. The molecule has 1 aliphatic heterocycles. The standard InChI is InChI=1S/C12H25NO2/c1-4-11(14)6-5-7-13-8-9-15-12(2,3)10-13/h11,14H,4-10H2,1-3H3. The van der Waals surface area contributed by atoms with Crippen LogP contribution in [0.3, 0.4) is 0 Å². The second-order valence-electron chi connectivity index (χ2n) is 5.09. The van der Waals surface area contributed by atoms with E-state index in [1.165, 1.54) is 0 Å². The van der Waals surface area contributed by atoms with Crippen LogP contribution in [0.2, 0.25) is 0 Å². The molecule has 1 saturated heterocycles. The van der Waals surface area contributed by atoms with Crippen LogP contribution in [0.15, 0.2) is 0 Å². The van der Waals surface area contributed by atoms with E-state index in [1.807, 2.05) is 6.92 Å². The highest BCUT2D eigenvalue weighted by molar-refractivity contribution is 4.78. The van der Waals surface area contributed by atoms with Crippen molar-refractivity contribution in [1.29, 1.82) is 0 Å². The van der Waals surface area contributed by atoms with Gasteiger partial charge < -0.3 is 9.84 Å². The van der Waals surface area contributed by atoms with Crippen molar-refractivity contribution >= 4 is 0 Å². The highest BCUT2D eigenvalue weighted by Crippen LogP contribution is 2.16. The number of ether oxygens (including phenoxy) is 1. The van der Waals surface area contributed by atoms with Crippen LogP contribution in [0.4, 0.5) is 0 Å². The van der Waals surface area contributed by atoms with Crippen molar-refractivity contribution in [3.05, 3.63) is 0 Å². The summed E-state index contributed by atoms with van der Waals surface area (Å²) in [5, 5.41) is 9.45. The van der Waals surface area contributed by atoms with E-state index in [-0.39, 0.29) is 11.7 Å². The van der Waals surface area contributed by atoms with Crippen molar-refractivity contribution in [3.63, 3.8) is 0 Å². The molecule has 1 N–H and O–H groups in total. The molecule has 1 aliphatic rings. The largest absolute Gasteiger partial charge is 0.393 e. The molecule has 1 unspecified atom stereocenters. The fourth-order valence-corrected chi connectivity index (χ4v) is 2.06. The van der Waals surface area contributed by atoms with Gasteiger partial charge in [-0.05, 0) is 39.7 Å². The summed E-state index contributed by atoms with van der Waals surface area (Å²) in [6.45, 7) is 10.3. The van der Waals surface area contributed by atoms with Crippen LogP contribution in [0.25, 0.3) is 0 Å². The first-order valence-electron chi connectivity index (χ1n) is 6.08. The molecule has 90 valence electrons. The van der Waals surface area contributed by atoms with Gasteiger partial charge in [0.15, 0.2) is 0 Å². The van der Waals surface area contributed by atoms with E-state index >= 15 is 0 Å². The number of hydrogen-bond acceptors (Lipinski definition) is 3. The van der Waals surface area contributed by atoms with Crippen LogP contribution in [0, 0.1) is 0 Å². The van der Waals surface area contributed by atoms with Crippen LogP contribution < -0.4 is 0 Å². The van der Waals surface area contributed by atoms with Gasteiger partial charge in [0.1, 0.15) is 0 Å². The molecule has 0 aromatic rings. The zero-order valence-electron chi connectivity index (χ0n) is 10.3. The molecular formula is C12H25NO2. The second-order valence-corrected chi connectivity index (χ2v) is 5.09. The summed E-state index contributed by atoms with van der Waals surface area (Å²) in [5.41, 5.74) is 0.00161. The third-order valence-electron chi connectivity index (χ3n) is 2.99. The molecule has 0 radical (unpaired) electrons. The van der Waals surface area contributed by atoms with Gasteiger partial charge in [-0.25, -0.2) is 0 Å². The normalized spacial score (nSPS) is 24.0. The molecule has 1 fully saturated rings. The quantitative estimate of drug-likeness (QED) is 0.757. The van der Waals surface area contributed by atoms with Crippen LogP contribution in [0.5, 0.6) is 0 Å². The lowest BCUT2D eigenvalue weighted by molar-refractivity contribution is -0.0864. The van der Waals surface area contributed by atoms with E-state index in [4.69, 9.17) is 4.74 Å². The number of aliphatic hydroxyl groups is 1. The Bertz CT molecular complexity index is 182. The monoisotopic (exact) mass is 215 g/mol. The van der Waals surface area contributed by atoms with Gasteiger partial charge in [0.25, 0.3) is 0 Å². The van der Waals surface area contributed by atoms with E-state index in [0.717, 1.165) is 45.5 Å². The minimum absolute atomic E-state index is 0.00161. The van der Waals surface area contributed by atoms with Crippen molar-refractivity contribution in [3.8, 4) is 0 Å². The second kappa shape index (κ2) is 5.83. The van der Waals surface area contributed by atoms with Gasteiger partial charge in [0.2, 0.25) is 0 Å². The molecule has 3 heteroatoms. The predicted molar refractivity (Wildman–Crippen MR) is 62.0 cm³/mol. The lowest BCUT2D eigenvalue weighted by Gasteiger charge is -2.38. The summed E-state index contributed by atoms with van der Waals surface area (Å²) in [7, 11) is 0. The first-order valence-corrected chi connectivity index (χ1v) is 6.08. The van der Waals surface area contributed by atoms with Gasteiger partial charge in [-0.3, -0.25) is 4.90 Å². The lowest BCUT2D eigenvalue weighted by Crippen LogP contribution is -2.48. The van der Waals surface area contributed by atoms with Crippen LogP contribution in [-0.2, 0) is 4.74 Å². The smallest absolute Gasteiger partial charge is 0.0753 e. The van der Waals surface area contributed by atoms with Crippen LogP contribution in [-0.4, -0.2) is 48.0 Å². The van der Waals surface area contributed by atoms with Crippen molar-refractivity contribution in [1.82, 2.24) is 4.90 Å². The molecular weight excluding hydrogens is 190 g/mol. The van der Waals surface area contributed by atoms with E-state index in [1.54, 1.807) is 0 Å². The summed E-state index contributed by atoms with van der Waals surface area (Å²) in [5.74, 6) is 0. The van der Waals surface area contributed by atoms with E-state index in [0.29, 0.717) is 0 Å². The van der Waals surface area contributed by atoms with Gasteiger partial charge >= 0.3 is 0 Å². The molecule has 0 aromatic carbocycles. The highest BCUT2D eigenvalue weighted by atomic mass is 16.5. The summed E-state index contributed by atoms with van der Waals surface area (Å²) in [4.78, 5) is 2.44.